The molecule has 6 atom stereocenters. The zero-order valence-corrected chi connectivity index (χ0v) is 25.0. The molecule has 1 spiro atoms. The van der Waals surface area contributed by atoms with E-state index in [1.54, 1.807) is 0 Å². The fourth-order valence-electron chi connectivity index (χ4n) is 7.95. The number of ketones is 1. The predicted molar refractivity (Wildman–Crippen MR) is 153 cm³/mol. The van der Waals surface area contributed by atoms with Crippen molar-refractivity contribution in [3.63, 3.8) is 0 Å². The minimum atomic E-state index is -1.11. The second-order valence-corrected chi connectivity index (χ2v) is 14.0. The van der Waals surface area contributed by atoms with Gasteiger partial charge in [0.2, 0.25) is 11.8 Å². The van der Waals surface area contributed by atoms with Crippen molar-refractivity contribution in [2.24, 2.45) is 17.8 Å². The maximum absolute atomic E-state index is 13.8. The van der Waals surface area contributed by atoms with Crippen LogP contribution in [0.1, 0.15) is 58.8 Å². The third-order valence-corrected chi connectivity index (χ3v) is 11.5. The van der Waals surface area contributed by atoms with E-state index < -0.39 is 11.9 Å². The number of piperidine rings is 2. The van der Waals surface area contributed by atoms with Crippen LogP contribution in [0.4, 0.5) is 0 Å². The molecule has 5 aliphatic heterocycles. The maximum atomic E-state index is 13.8. The zero-order valence-electron chi connectivity index (χ0n) is 24.2. The Morgan fingerprint density at radius 2 is 2.00 bits per heavy atom. The largest absolute Gasteiger partial charge is 0.477 e. The van der Waals surface area contributed by atoms with Crippen molar-refractivity contribution < 1.29 is 24.3 Å². The minimum Gasteiger partial charge on any atom is -0.477 e. The molecule has 4 saturated heterocycles. The van der Waals surface area contributed by atoms with E-state index in [0.717, 1.165) is 51.7 Å². The van der Waals surface area contributed by atoms with Crippen LogP contribution in [-0.2, 0) is 25.7 Å². The van der Waals surface area contributed by atoms with E-state index in [4.69, 9.17) is 0 Å². The lowest BCUT2D eigenvalue weighted by molar-refractivity contribution is -0.160. The van der Waals surface area contributed by atoms with Gasteiger partial charge in [0.1, 0.15) is 18.6 Å². The van der Waals surface area contributed by atoms with Gasteiger partial charge in [-0.05, 0) is 68.0 Å². The van der Waals surface area contributed by atoms with Gasteiger partial charge in [0.15, 0.2) is 5.78 Å². The highest BCUT2D eigenvalue weighted by Crippen LogP contribution is 2.53. The number of aromatic nitrogens is 4. The Labute approximate surface area is 249 Å². The standard InChI is InChI=1S/C28H40N8O5S/c1-16(11-18(37)14-34-15-31-32-33-34)21-22-17(2)24(23(27(40)41)36(22)26(21)39)42-19-12-20(30-13-19)25(38)35-10-4-3-5-28(35)6-8-29-9-7-28/h15-17,19-22,29-30H,3-14H2,1-2H3,(H,40,41)/t16-,17+,19-,20-,21+,22+/m0/s1. The third-order valence-electron chi connectivity index (χ3n) is 10.0. The Morgan fingerprint density at radius 1 is 1.21 bits per heavy atom. The number of amides is 2. The van der Waals surface area contributed by atoms with Crippen LogP contribution in [0.25, 0.3) is 0 Å². The molecule has 0 radical (unpaired) electrons. The van der Waals surface area contributed by atoms with Crippen LogP contribution in [0, 0.1) is 17.8 Å². The summed E-state index contributed by atoms with van der Waals surface area (Å²) >= 11 is 1.50. The van der Waals surface area contributed by atoms with Gasteiger partial charge in [-0.15, -0.1) is 16.9 Å². The van der Waals surface area contributed by atoms with E-state index in [1.807, 2.05) is 13.8 Å². The smallest absolute Gasteiger partial charge is 0.353 e. The van der Waals surface area contributed by atoms with E-state index in [2.05, 4.69) is 31.1 Å². The fraction of sp³-hybridized carbons (Fsp3) is 0.750. The first kappa shape index (κ1) is 29.2. The second-order valence-electron chi connectivity index (χ2n) is 12.6. The number of likely N-dealkylation sites (tertiary alicyclic amines) is 1. The molecule has 14 heteroatoms. The van der Waals surface area contributed by atoms with Crippen LogP contribution < -0.4 is 10.6 Å². The lowest BCUT2D eigenvalue weighted by Gasteiger charge is -2.50. The number of hydrogen-bond donors (Lipinski definition) is 3. The Hall–Kier alpha value is -2.84. The van der Waals surface area contributed by atoms with E-state index in [9.17, 15) is 24.3 Å². The van der Waals surface area contributed by atoms with Crippen molar-refractivity contribution in [3.8, 4) is 0 Å². The quantitative estimate of drug-likeness (QED) is 0.341. The number of tetrazole rings is 1. The maximum Gasteiger partial charge on any atom is 0.353 e. The Bertz CT molecular complexity index is 1260. The number of aliphatic carboxylic acids is 1. The average molecular weight is 601 g/mol. The van der Waals surface area contributed by atoms with Crippen molar-refractivity contribution in [2.45, 2.75) is 88.2 Å². The van der Waals surface area contributed by atoms with E-state index in [1.165, 1.54) is 27.7 Å². The van der Waals surface area contributed by atoms with Crippen LogP contribution in [0.15, 0.2) is 16.9 Å². The van der Waals surface area contributed by atoms with Gasteiger partial charge in [0.25, 0.3) is 0 Å². The van der Waals surface area contributed by atoms with Crippen molar-refractivity contribution in [3.05, 3.63) is 16.9 Å². The molecular weight excluding hydrogens is 560 g/mol. The molecule has 0 bridgehead atoms. The lowest BCUT2D eigenvalue weighted by Crippen LogP contribution is -2.62. The molecule has 6 rings (SSSR count). The van der Waals surface area contributed by atoms with E-state index >= 15 is 0 Å². The summed E-state index contributed by atoms with van der Waals surface area (Å²) in [5.41, 5.74) is 0.0175. The molecule has 13 nitrogen and oxygen atoms in total. The first-order chi connectivity index (χ1) is 20.2. The van der Waals surface area contributed by atoms with Gasteiger partial charge in [-0.1, -0.05) is 13.8 Å². The van der Waals surface area contributed by atoms with Gasteiger partial charge in [-0.25, -0.2) is 9.48 Å². The summed E-state index contributed by atoms with van der Waals surface area (Å²) in [6.07, 6.45) is 7.42. The van der Waals surface area contributed by atoms with E-state index in [-0.39, 0.29) is 71.0 Å². The number of hydrogen-bond acceptors (Lipinski definition) is 10. The predicted octanol–water partition coefficient (Wildman–Crippen LogP) is 0.640. The summed E-state index contributed by atoms with van der Waals surface area (Å²) in [5, 5.41) is 27.9. The second kappa shape index (κ2) is 11.7. The first-order valence-electron chi connectivity index (χ1n) is 15.2. The number of Topliss-reactive ketones (excluding diaryl/α,β-unsaturated/α-hetero) is 1. The minimum absolute atomic E-state index is 0.0297. The fourth-order valence-corrected chi connectivity index (χ4v) is 9.43. The Morgan fingerprint density at radius 3 is 2.71 bits per heavy atom. The van der Waals surface area contributed by atoms with Crippen molar-refractivity contribution in [1.29, 1.82) is 0 Å². The summed E-state index contributed by atoms with van der Waals surface area (Å²) in [6, 6.07) is -0.572. The molecule has 4 fully saturated rings. The molecular formula is C28H40N8O5S. The lowest BCUT2D eigenvalue weighted by atomic mass is 9.73. The van der Waals surface area contributed by atoms with Crippen molar-refractivity contribution in [2.75, 3.05) is 26.2 Å². The Kier molecular flexibility index (Phi) is 8.13. The normalized spacial score (nSPS) is 31.3. The highest BCUT2D eigenvalue weighted by molar-refractivity contribution is 8.03. The molecule has 6 heterocycles. The third kappa shape index (κ3) is 5.15. The van der Waals surface area contributed by atoms with Crippen LogP contribution >= 0.6 is 11.8 Å². The summed E-state index contributed by atoms with van der Waals surface area (Å²) in [4.78, 5) is 56.4. The van der Waals surface area contributed by atoms with Crippen LogP contribution in [0.3, 0.4) is 0 Å². The van der Waals surface area contributed by atoms with Crippen LogP contribution in [0.5, 0.6) is 0 Å². The number of carbonyl (C=O) groups excluding carboxylic acids is 3. The van der Waals surface area contributed by atoms with Gasteiger partial charge >= 0.3 is 5.97 Å². The number of β-lactam (4-membered cyclic amide) rings is 1. The number of nitrogens with zero attached hydrogens (tertiary/aromatic N) is 6. The molecule has 0 saturated carbocycles. The number of carboxylic acid groups (broad SMARTS) is 1. The number of carboxylic acids is 1. The van der Waals surface area contributed by atoms with Gasteiger partial charge in [-0.2, -0.15) is 0 Å². The van der Waals surface area contributed by atoms with Crippen molar-refractivity contribution >= 4 is 35.3 Å². The van der Waals surface area contributed by atoms with Crippen LogP contribution in [0.2, 0.25) is 0 Å². The molecule has 5 aliphatic rings. The highest BCUT2D eigenvalue weighted by atomic mass is 32.2. The van der Waals surface area contributed by atoms with Crippen molar-refractivity contribution in [1.82, 2.24) is 40.6 Å². The molecule has 228 valence electrons. The summed E-state index contributed by atoms with van der Waals surface area (Å²) in [5.74, 6) is -2.10. The summed E-state index contributed by atoms with van der Waals surface area (Å²) < 4.78 is 1.35. The number of fused-ring (bicyclic) bond motifs is 1. The summed E-state index contributed by atoms with van der Waals surface area (Å²) in [6.45, 7) is 7.17. The van der Waals surface area contributed by atoms with Gasteiger partial charge in [-0.3, -0.25) is 14.4 Å². The number of thioether (sulfide) groups is 1. The average Bonchev–Trinajstić information content (AvgIpc) is 3.69. The molecule has 42 heavy (non-hydrogen) atoms. The molecule has 1 aromatic heterocycles. The summed E-state index contributed by atoms with van der Waals surface area (Å²) in [7, 11) is 0. The Balaban J connectivity index is 1.11. The topological polar surface area (TPSA) is 163 Å². The van der Waals surface area contributed by atoms with Gasteiger partial charge in [0.05, 0.1) is 18.0 Å². The molecule has 0 aliphatic carbocycles. The molecule has 0 aromatic carbocycles. The highest BCUT2D eigenvalue weighted by Gasteiger charge is 2.60. The number of carbonyl (C=O) groups is 4. The van der Waals surface area contributed by atoms with E-state index in [0.29, 0.717) is 17.9 Å². The zero-order chi connectivity index (χ0) is 29.6. The molecule has 3 N–H and O–H groups in total. The molecule has 0 unspecified atom stereocenters. The molecule has 2 amide bonds. The van der Waals surface area contributed by atoms with Gasteiger partial charge < -0.3 is 25.5 Å². The number of nitrogens with one attached hydrogen (secondary N) is 2. The SMILES string of the molecule is C[C@@H](CC(=O)Cn1cnnn1)[C@H]1C(=O)N2C(C(=O)O)=C(S[C@@H]3CN[C@H](C(=O)N4CCCCC45CCNCC5)C3)[C@H](C)[C@H]12. The monoisotopic (exact) mass is 600 g/mol. The first-order valence-corrected chi connectivity index (χ1v) is 16.0. The van der Waals surface area contributed by atoms with Crippen LogP contribution in [-0.4, -0.2) is 108 Å². The van der Waals surface area contributed by atoms with Gasteiger partial charge in [0, 0.05) is 41.1 Å². The molecule has 1 aromatic rings. The number of rotatable bonds is 9.